The van der Waals surface area contributed by atoms with Gasteiger partial charge in [-0.2, -0.15) is 19.9 Å². The molecule has 0 aliphatic heterocycles. The van der Waals surface area contributed by atoms with Crippen LogP contribution in [0.3, 0.4) is 0 Å². The molecule has 1 fully saturated rings. The second-order valence-electron chi connectivity index (χ2n) is 51.1. The number of rotatable bonds is 53. The minimum Gasteiger partial charge on any atom is -0.436 e. The minimum absolute atomic E-state index is 0. The molecule has 0 radical (unpaired) electrons. The molecule has 0 bridgehead atoms. The van der Waals surface area contributed by atoms with Crippen molar-refractivity contribution >= 4 is 46.0 Å². The quantitative estimate of drug-likeness (QED) is 0.0193. The lowest BCUT2D eigenvalue weighted by Crippen LogP contribution is -2.72. The number of hydrogen-bond donors (Lipinski definition) is 6. The standard InChI is InChI=1S/C26H52N2O3.C26H35NO.C25H34N2O.C18H33N3.C17H32N4.C15H28N4.CH4/c1-18(2)12-14-21-17-22(15-13-19(3)4)25(31)26(20(5)6,24(21)30)27-23(29)11-10-16-28(7,8)9;1-17(2)10-12-20-8-7-9-22(14-20)26-27-25-21(13-11-18(3)4)15-23(19(5)6)16-24(25)28-26;1-16(2)10-12-19-14-20(18(5)6)15-23-24(19)27-25(28-23)22-9-7-8-21(26-22)13-11-17(3)4;1-13(2)8-7-9-16-12-17(15(5)6)21-18(20-16)19-11-10-14(3)4;1-12(2)8-7-9-15-19-16(14(5)6)21-17(20-15)18-11-10-13(3)4;1-10(2)7-8-13-17-14(12(5)6)19-15(18-13)16-9-11(3)4;/h18-22,24-25,30-31H,10-17H2,1-9H3;7-9,14-19H,10-13H2,1-6H3;7-9,14-18H,10-13H2,1-6H3;12-15H,7-11H2,1-6H3,(H,19,20,21);12-14H,7-11H2,1-6H3,(H,18,19,20,21);10-12H,7-9H2,1-6H3,(H,16,17,18,19);1H4/p+1. The van der Waals surface area contributed by atoms with E-state index in [0.29, 0.717) is 101 Å². The van der Waals surface area contributed by atoms with Crippen molar-refractivity contribution in [3.8, 4) is 23.0 Å². The Balaban J connectivity index is 0.000000375. The van der Waals surface area contributed by atoms with E-state index in [9.17, 15) is 15.0 Å². The third-order valence-corrected chi connectivity index (χ3v) is 27.8. The van der Waals surface area contributed by atoms with Crippen LogP contribution >= 0.6 is 0 Å². The molecule has 9 aromatic rings. The average Bonchev–Trinajstić information content (AvgIpc) is 0.900. The molecule has 1 aliphatic rings. The predicted octanol–water partition coefficient (Wildman–Crippen LogP) is 33.0. The Labute approximate surface area is 909 Å². The zero-order valence-electron chi connectivity index (χ0n) is 101. The first-order chi connectivity index (χ1) is 69.5. The van der Waals surface area contributed by atoms with Crippen LogP contribution in [0.15, 0.2) is 81.6 Å². The molecule has 4 atom stereocenters. The van der Waals surface area contributed by atoms with Crippen LogP contribution < -0.4 is 21.3 Å². The topological polar surface area (TPSA) is 274 Å². The number of anilines is 3. The van der Waals surface area contributed by atoms with Crippen molar-refractivity contribution in [3.05, 3.63) is 141 Å². The first-order valence-electron chi connectivity index (χ1n) is 58.5. The zero-order valence-corrected chi connectivity index (χ0v) is 101. The van der Waals surface area contributed by atoms with Crippen LogP contribution in [0.4, 0.5) is 17.8 Å². The number of oxazole rings is 2. The number of pyridine rings is 1. The third-order valence-electron chi connectivity index (χ3n) is 27.8. The van der Waals surface area contributed by atoms with Gasteiger partial charge in [0.15, 0.2) is 11.2 Å². The summed E-state index contributed by atoms with van der Waals surface area (Å²) < 4.78 is 13.3. The van der Waals surface area contributed by atoms with Gasteiger partial charge in [-0.3, -0.25) is 4.79 Å². The van der Waals surface area contributed by atoms with Crippen LogP contribution in [0.5, 0.6) is 0 Å². The maximum atomic E-state index is 13.0. The highest BCUT2D eigenvalue weighted by Crippen LogP contribution is 2.46. The largest absolute Gasteiger partial charge is 0.436 e. The Kier molecular flexibility index (Phi) is 60.0. The number of aliphatic hydroxyl groups excluding tert-OH is 2. The lowest BCUT2D eigenvalue weighted by molar-refractivity contribution is -0.870. The summed E-state index contributed by atoms with van der Waals surface area (Å²) in [5, 5.41) is 36.4. The summed E-state index contributed by atoms with van der Waals surface area (Å²) in [5.41, 5.74) is 14.8. The second kappa shape index (κ2) is 67.3. The molecule has 1 aliphatic carbocycles. The molecule has 6 N–H and O–H groups in total. The van der Waals surface area contributed by atoms with E-state index < -0.39 is 17.7 Å². The third kappa shape index (κ3) is 50.1. The molecule has 6 aromatic heterocycles. The SMILES string of the molecule is C.CC(C)CCC1CC(CCC(C)C)C(O)C(NC(=O)CCC[N+](C)(C)C)(C(C)C)C1O.CC(C)CCCc1cc(C(C)C)nc(NCCC(C)C)n1.CC(C)CCCc1nc(NCCC(C)C)nc(C(C)C)n1.CC(C)CCc1cccc(-c2nc3c(CCC(C)C)cc(C(C)C)cc3o2)c1.CC(C)CCc1cccc(-c2nc3c(CCC(C)C)cc(C(C)C)cc3o2)n1.CC(C)CCc1nc(NCC(C)C)nc(C(C)C)n1. The molecular weight excluding hydrogens is 1840 g/mol. The Bertz CT molecular complexity index is 4850. The van der Waals surface area contributed by atoms with E-state index in [1.807, 2.05) is 19.9 Å². The number of quaternary nitrogens is 1. The minimum atomic E-state index is -0.977. The van der Waals surface area contributed by atoms with Crippen molar-refractivity contribution < 1.29 is 28.3 Å². The fourth-order valence-corrected chi connectivity index (χ4v) is 18.0. The van der Waals surface area contributed by atoms with E-state index in [-0.39, 0.29) is 31.1 Å². The first kappa shape index (κ1) is 133. The normalized spacial score (nSPS) is 15.5. The molecule has 6 heterocycles. The number of benzene rings is 3. The van der Waals surface area contributed by atoms with E-state index >= 15 is 0 Å². The van der Waals surface area contributed by atoms with E-state index in [2.05, 4.69) is 384 Å². The number of amides is 1. The van der Waals surface area contributed by atoms with Crippen LogP contribution in [-0.4, -0.2) is 140 Å². The summed E-state index contributed by atoms with van der Waals surface area (Å²) in [6.45, 7) is 83.4. The summed E-state index contributed by atoms with van der Waals surface area (Å²) >= 11 is 0. The number of aryl methyl sites for hydroxylation is 7. The molecule has 149 heavy (non-hydrogen) atoms. The van der Waals surface area contributed by atoms with Crippen molar-refractivity contribution in [1.82, 2.24) is 60.1 Å². The maximum absolute atomic E-state index is 13.0. The monoisotopic (exact) mass is 2060 g/mol. The molecule has 0 saturated heterocycles. The number of carbonyl (C=O) groups is 1. The van der Waals surface area contributed by atoms with Gasteiger partial charge >= 0.3 is 0 Å². The van der Waals surface area contributed by atoms with Crippen molar-refractivity contribution in [1.29, 1.82) is 0 Å². The smallest absolute Gasteiger partial charge is 0.246 e. The molecule has 21 heteroatoms. The van der Waals surface area contributed by atoms with Crippen molar-refractivity contribution in [2.45, 2.75) is 465 Å². The Morgan fingerprint density at radius 3 is 1.26 bits per heavy atom. The molecule has 3 aromatic carbocycles. The van der Waals surface area contributed by atoms with E-state index in [1.165, 1.54) is 65.6 Å². The van der Waals surface area contributed by atoms with Crippen molar-refractivity contribution in [3.63, 3.8) is 0 Å². The summed E-state index contributed by atoms with van der Waals surface area (Å²) in [6.07, 6.45) is 24.6. The van der Waals surface area contributed by atoms with Gasteiger partial charge in [0.25, 0.3) is 0 Å². The van der Waals surface area contributed by atoms with Gasteiger partial charge in [-0.05, 0) is 286 Å². The number of nitrogens with one attached hydrogen (secondary N) is 4. The zero-order chi connectivity index (χ0) is 111. The summed E-state index contributed by atoms with van der Waals surface area (Å²) in [4.78, 5) is 64.3. The highest BCUT2D eigenvalue weighted by Gasteiger charge is 2.57. The van der Waals surface area contributed by atoms with Gasteiger partial charge < -0.3 is 44.8 Å². The van der Waals surface area contributed by atoms with Gasteiger partial charge in [0.05, 0.1) is 45.4 Å². The molecule has 1 saturated carbocycles. The highest BCUT2D eigenvalue weighted by molar-refractivity contribution is 5.82. The fourth-order valence-electron chi connectivity index (χ4n) is 18.0. The molecular formula is C128H219N16O5+. The number of aliphatic hydroxyl groups is 2. The number of fused-ring (bicyclic) bond motifs is 2. The average molecular weight is 2060 g/mol. The lowest BCUT2D eigenvalue weighted by Gasteiger charge is -2.55. The number of aromatic nitrogens is 11. The van der Waals surface area contributed by atoms with Crippen LogP contribution in [-0.2, 0) is 49.7 Å². The van der Waals surface area contributed by atoms with Gasteiger partial charge in [-0.25, -0.2) is 34.9 Å². The summed E-state index contributed by atoms with van der Waals surface area (Å²) in [6, 6.07) is 26.0. The fraction of sp³-hybridized carbons (Fsp3) is 0.719. The number of carbonyl (C=O) groups excluding carboxylic acids is 1. The van der Waals surface area contributed by atoms with Crippen LogP contribution in [0.25, 0.3) is 45.2 Å². The van der Waals surface area contributed by atoms with Crippen LogP contribution in [0, 0.1) is 88.8 Å². The molecule has 21 nitrogen and oxygen atoms in total. The van der Waals surface area contributed by atoms with Crippen molar-refractivity contribution in [2.75, 3.05) is 63.3 Å². The molecule has 0 spiro atoms. The number of hydrogen-bond acceptors (Lipinski definition) is 19. The van der Waals surface area contributed by atoms with Gasteiger partial charge in [-0.15, -0.1) is 0 Å². The molecule has 1 amide bonds. The molecule has 4 unspecified atom stereocenters. The first-order valence-corrected chi connectivity index (χ1v) is 58.5. The Morgan fingerprint density at radius 2 is 0.812 bits per heavy atom. The Hall–Kier alpha value is -8.40. The van der Waals surface area contributed by atoms with Crippen LogP contribution in [0.2, 0.25) is 0 Å². The van der Waals surface area contributed by atoms with Gasteiger partial charge in [0.1, 0.15) is 40.0 Å². The number of nitrogens with zero attached hydrogens (tertiary/aromatic N) is 12. The van der Waals surface area contributed by atoms with E-state index in [4.69, 9.17) is 23.8 Å². The Morgan fingerprint density at radius 1 is 0.383 bits per heavy atom. The van der Waals surface area contributed by atoms with Gasteiger partial charge in [-0.1, -0.05) is 313 Å². The van der Waals surface area contributed by atoms with Crippen molar-refractivity contribution in [2.24, 2.45) is 88.8 Å². The lowest BCUT2D eigenvalue weighted by atomic mass is 9.60. The maximum Gasteiger partial charge on any atom is 0.246 e. The second-order valence-corrected chi connectivity index (χ2v) is 51.1. The molecule has 840 valence electrons. The van der Waals surface area contributed by atoms with Gasteiger partial charge in [0.2, 0.25) is 35.5 Å². The summed E-state index contributed by atoms with van der Waals surface area (Å²) in [5.74, 6) is 17.5. The predicted molar refractivity (Wildman–Crippen MR) is 636 cm³/mol. The van der Waals surface area contributed by atoms with Gasteiger partial charge in [0, 0.05) is 79.8 Å². The van der Waals surface area contributed by atoms with E-state index in [1.54, 1.807) is 0 Å². The van der Waals surface area contributed by atoms with Crippen LogP contribution in [0.1, 0.15) is 470 Å². The summed E-state index contributed by atoms with van der Waals surface area (Å²) in [7, 11) is 6.38. The molecule has 10 rings (SSSR count). The highest BCUT2D eigenvalue weighted by atomic mass is 16.4. The van der Waals surface area contributed by atoms with E-state index in [0.717, 1.165) is 256 Å².